The molecule has 0 atom stereocenters. The quantitative estimate of drug-likeness (QED) is 0.675. The monoisotopic (exact) mass is 290 g/mol. The number of fused-ring (bicyclic) bond motifs is 1. The van der Waals surface area contributed by atoms with Crippen molar-refractivity contribution in [3.05, 3.63) is 35.4 Å². The van der Waals surface area contributed by atoms with Gasteiger partial charge in [0.1, 0.15) is 0 Å². The maximum absolute atomic E-state index is 11.3. The van der Waals surface area contributed by atoms with Gasteiger partial charge in [-0.1, -0.05) is 19.6 Å². The molecule has 0 bridgehead atoms. The number of carbonyl (C=O) groups is 4. The summed E-state index contributed by atoms with van der Waals surface area (Å²) in [6, 6.07) is 6.84. The van der Waals surface area contributed by atoms with Crippen molar-refractivity contribution in [2.75, 3.05) is 14.1 Å². The van der Waals surface area contributed by atoms with E-state index in [1.165, 1.54) is 19.0 Å². The number of hydrogen-bond acceptors (Lipinski definition) is 4. The Morgan fingerprint density at radius 3 is 1.43 bits per heavy atom. The topological polar surface area (TPSA) is 74.8 Å². The molecule has 0 unspecified atom stereocenters. The average Bonchev–Trinajstić information content (AvgIpc) is 2.87. The first-order valence-electron chi connectivity index (χ1n) is 6.14. The van der Waals surface area contributed by atoms with Gasteiger partial charge in [-0.2, -0.15) is 0 Å². The van der Waals surface area contributed by atoms with E-state index in [2.05, 4.69) is 0 Å². The summed E-state index contributed by atoms with van der Waals surface area (Å²) in [5.74, 6) is -0.545. The zero-order valence-electron chi connectivity index (χ0n) is 11.3. The fraction of sp³-hybridized carbons (Fsp3) is 0.333. The van der Waals surface area contributed by atoms with E-state index in [0.717, 1.165) is 4.90 Å². The second-order valence-electron chi connectivity index (χ2n) is 4.56. The molecule has 2 aliphatic rings. The van der Waals surface area contributed by atoms with Crippen molar-refractivity contribution in [2.45, 2.75) is 20.3 Å². The summed E-state index contributed by atoms with van der Waals surface area (Å²) >= 11 is 0. The van der Waals surface area contributed by atoms with Crippen molar-refractivity contribution >= 4 is 23.6 Å². The Morgan fingerprint density at radius 1 is 0.762 bits per heavy atom. The predicted octanol–water partition coefficient (Wildman–Crippen LogP) is 1.31. The molecule has 4 amide bonds. The van der Waals surface area contributed by atoms with Gasteiger partial charge in [0.05, 0.1) is 11.1 Å². The van der Waals surface area contributed by atoms with E-state index >= 15 is 0 Å². The van der Waals surface area contributed by atoms with Crippen LogP contribution in [-0.4, -0.2) is 47.5 Å². The van der Waals surface area contributed by atoms with Gasteiger partial charge in [-0.05, 0) is 12.1 Å². The SMILES string of the molecule is C.CN1C(=O)CCC1=O.CN1C(=O)c2ccccc2C1=O. The first-order valence-corrected chi connectivity index (χ1v) is 6.14. The smallest absolute Gasteiger partial charge is 0.261 e. The summed E-state index contributed by atoms with van der Waals surface area (Å²) in [6.07, 6.45) is 0.796. The van der Waals surface area contributed by atoms with Crippen LogP contribution in [0.3, 0.4) is 0 Å². The molecule has 0 aromatic heterocycles. The van der Waals surface area contributed by atoms with Gasteiger partial charge in [0.2, 0.25) is 11.8 Å². The Kier molecular flexibility index (Phi) is 4.97. The molecular formula is C15H18N2O4. The summed E-state index contributed by atoms with van der Waals surface area (Å²) in [7, 11) is 3.00. The molecule has 6 heteroatoms. The van der Waals surface area contributed by atoms with Gasteiger partial charge in [0.25, 0.3) is 11.8 Å². The van der Waals surface area contributed by atoms with Crippen molar-refractivity contribution in [1.29, 1.82) is 0 Å². The Hall–Kier alpha value is -2.50. The largest absolute Gasteiger partial charge is 0.286 e. The number of rotatable bonds is 0. The maximum atomic E-state index is 11.3. The Bertz CT molecular complexity index is 558. The highest BCUT2D eigenvalue weighted by Crippen LogP contribution is 2.20. The molecular weight excluding hydrogens is 272 g/mol. The molecule has 1 aromatic rings. The molecule has 1 saturated heterocycles. The molecule has 0 radical (unpaired) electrons. The minimum absolute atomic E-state index is 0. The Labute approximate surface area is 123 Å². The van der Waals surface area contributed by atoms with Crippen molar-refractivity contribution < 1.29 is 19.2 Å². The van der Waals surface area contributed by atoms with Crippen molar-refractivity contribution in [1.82, 2.24) is 9.80 Å². The first kappa shape index (κ1) is 16.6. The number of nitrogens with zero attached hydrogens (tertiary/aromatic N) is 2. The highest BCUT2D eigenvalue weighted by atomic mass is 16.2. The normalized spacial score (nSPS) is 16.5. The lowest BCUT2D eigenvalue weighted by atomic mass is 10.1. The standard InChI is InChI=1S/C9H7NO2.C5H7NO2.CH4/c1-10-8(11)6-4-2-3-5-7(6)9(10)12;1-6-4(7)2-3-5(6)8;/h2-5H,1H3;2-3H2,1H3;1H4. The van der Waals surface area contributed by atoms with Crippen LogP contribution in [0.2, 0.25) is 0 Å². The van der Waals surface area contributed by atoms with Crippen LogP contribution in [-0.2, 0) is 9.59 Å². The molecule has 0 aliphatic carbocycles. The molecule has 0 N–H and O–H groups in total. The minimum atomic E-state index is -0.212. The zero-order valence-corrected chi connectivity index (χ0v) is 11.3. The van der Waals surface area contributed by atoms with E-state index in [4.69, 9.17) is 0 Å². The number of amides is 4. The highest BCUT2D eigenvalue weighted by Gasteiger charge is 2.31. The third kappa shape index (κ3) is 2.99. The summed E-state index contributed by atoms with van der Waals surface area (Å²) in [5, 5.41) is 0. The van der Waals surface area contributed by atoms with Gasteiger partial charge in [-0.3, -0.25) is 29.0 Å². The van der Waals surface area contributed by atoms with E-state index in [0.29, 0.717) is 24.0 Å². The van der Waals surface area contributed by atoms with Crippen LogP contribution in [0.25, 0.3) is 0 Å². The van der Waals surface area contributed by atoms with Crippen LogP contribution in [0.15, 0.2) is 24.3 Å². The van der Waals surface area contributed by atoms with E-state index < -0.39 is 0 Å². The van der Waals surface area contributed by atoms with Crippen molar-refractivity contribution in [3.8, 4) is 0 Å². The predicted molar refractivity (Wildman–Crippen MR) is 76.6 cm³/mol. The molecule has 112 valence electrons. The van der Waals surface area contributed by atoms with E-state index in [-0.39, 0.29) is 31.1 Å². The lowest BCUT2D eigenvalue weighted by Crippen LogP contribution is -2.24. The second-order valence-corrected chi connectivity index (χ2v) is 4.56. The van der Waals surface area contributed by atoms with Crippen LogP contribution < -0.4 is 0 Å². The number of hydrogen-bond donors (Lipinski definition) is 0. The summed E-state index contributed by atoms with van der Waals surface area (Å²) in [5.41, 5.74) is 1.01. The molecule has 6 nitrogen and oxygen atoms in total. The van der Waals surface area contributed by atoms with Crippen LogP contribution in [0.5, 0.6) is 0 Å². The van der Waals surface area contributed by atoms with Crippen LogP contribution in [0.4, 0.5) is 0 Å². The number of benzene rings is 1. The van der Waals surface area contributed by atoms with Crippen LogP contribution >= 0.6 is 0 Å². The summed E-state index contributed by atoms with van der Waals surface area (Å²) < 4.78 is 0. The van der Waals surface area contributed by atoms with Crippen molar-refractivity contribution in [3.63, 3.8) is 0 Å². The fourth-order valence-corrected chi connectivity index (χ4v) is 2.00. The molecule has 21 heavy (non-hydrogen) atoms. The van der Waals surface area contributed by atoms with Gasteiger partial charge in [0, 0.05) is 26.9 Å². The van der Waals surface area contributed by atoms with Gasteiger partial charge in [-0.15, -0.1) is 0 Å². The Balaban J connectivity index is 0.000000216. The lowest BCUT2D eigenvalue weighted by Gasteiger charge is -2.02. The van der Waals surface area contributed by atoms with Gasteiger partial charge < -0.3 is 0 Å². The molecule has 0 spiro atoms. The number of likely N-dealkylation sites (tertiary alicyclic amines) is 1. The van der Waals surface area contributed by atoms with E-state index in [9.17, 15) is 19.2 Å². The average molecular weight is 290 g/mol. The molecule has 0 saturated carbocycles. The minimum Gasteiger partial charge on any atom is -0.286 e. The number of carbonyl (C=O) groups excluding carboxylic acids is 4. The first-order chi connectivity index (χ1) is 9.43. The second kappa shape index (κ2) is 6.30. The van der Waals surface area contributed by atoms with Crippen LogP contribution in [0.1, 0.15) is 41.0 Å². The Morgan fingerprint density at radius 2 is 1.14 bits per heavy atom. The highest BCUT2D eigenvalue weighted by molar-refractivity contribution is 6.21. The van der Waals surface area contributed by atoms with Gasteiger partial charge in [-0.25, -0.2) is 0 Å². The van der Waals surface area contributed by atoms with Gasteiger partial charge >= 0.3 is 0 Å². The summed E-state index contributed by atoms with van der Waals surface area (Å²) in [6.45, 7) is 0. The van der Waals surface area contributed by atoms with Gasteiger partial charge in [0.15, 0.2) is 0 Å². The van der Waals surface area contributed by atoms with Crippen molar-refractivity contribution in [2.24, 2.45) is 0 Å². The third-order valence-electron chi connectivity index (χ3n) is 3.30. The fourth-order valence-electron chi connectivity index (χ4n) is 2.00. The molecule has 2 aliphatic heterocycles. The third-order valence-corrected chi connectivity index (χ3v) is 3.30. The van der Waals surface area contributed by atoms with E-state index in [1.807, 2.05) is 0 Å². The maximum Gasteiger partial charge on any atom is 0.261 e. The van der Waals surface area contributed by atoms with E-state index in [1.54, 1.807) is 24.3 Å². The molecule has 1 aromatic carbocycles. The molecule has 1 fully saturated rings. The molecule has 3 rings (SSSR count). The summed E-state index contributed by atoms with van der Waals surface area (Å²) in [4.78, 5) is 45.9. The number of imide groups is 2. The zero-order chi connectivity index (χ0) is 14.9. The molecule has 2 heterocycles. The lowest BCUT2D eigenvalue weighted by molar-refractivity contribution is -0.136. The van der Waals surface area contributed by atoms with Crippen LogP contribution in [0, 0.1) is 0 Å².